The summed E-state index contributed by atoms with van der Waals surface area (Å²) < 4.78 is 0. The highest BCUT2D eigenvalue weighted by atomic mass is 16.1. The van der Waals surface area contributed by atoms with Gasteiger partial charge in [-0.2, -0.15) is 0 Å². The molecule has 0 aliphatic heterocycles. The van der Waals surface area contributed by atoms with Crippen LogP contribution in [0.15, 0.2) is 0 Å². The molecule has 15 aliphatic carbocycles. The lowest BCUT2D eigenvalue weighted by molar-refractivity contribution is -0.407. The van der Waals surface area contributed by atoms with Gasteiger partial charge in [0.25, 0.3) is 0 Å². The predicted octanol–water partition coefficient (Wildman–Crippen LogP) is 2.95. The zero-order valence-electron chi connectivity index (χ0n) is 15.0. The number of hydrogen-bond acceptors (Lipinski definition) is 2. The van der Waals surface area contributed by atoms with Crippen LogP contribution >= 0.6 is 0 Å². The maximum atomic E-state index is 13.5. The molecule has 26 heavy (non-hydrogen) atoms. The van der Waals surface area contributed by atoms with Gasteiger partial charge in [0.2, 0.25) is 0 Å². The van der Waals surface area contributed by atoms with Gasteiger partial charge in [-0.15, -0.1) is 0 Å². The molecule has 2 nitrogen and oxygen atoms in total. The molecule has 0 aromatic rings. The Hall–Kier alpha value is -0.660. The van der Waals surface area contributed by atoms with Crippen molar-refractivity contribution in [1.82, 2.24) is 0 Å². The highest BCUT2D eigenvalue weighted by Crippen LogP contribution is 3.17. The van der Waals surface area contributed by atoms with E-state index < -0.39 is 0 Å². The van der Waals surface area contributed by atoms with E-state index in [4.69, 9.17) is 0 Å². The average Bonchev–Trinajstić information content (AvgIpc) is 3.07. The summed E-state index contributed by atoms with van der Waals surface area (Å²) in [4.78, 5) is 27.1. The summed E-state index contributed by atoms with van der Waals surface area (Å²) in [5.74, 6) is 10.6. The van der Waals surface area contributed by atoms with E-state index in [1.807, 2.05) is 0 Å². The molecule has 15 saturated carbocycles. The van der Waals surface area contributed by atoms with Crippen LogP contribution in [0.4, 0.5) is 0 Å². The van der Waals surface area contributed by atoms with Crippen LogP contribution in [0, 0.1) is 92.7 Å². The van der Waals surface area contributed by atoms with Gasteiger partial charge in [-0.3, -0.25) is 9.59 Å². The average molecular weight is 344 g/mol. The fourth-order valence-corrected chi connectivity index (χ4v) is 17.2. The van der Waals surface area contributed by atoms with Crippen molar-refractivity contribution in [3.8, 4) is 0 Å². The topological polar surface area (TPSA) is 34.1 Å². The number of ketones is 2. The summed E-state index contributed by atoms with van der Waals surface area (Å²) >= 11 is 0. The summed E-state index contributed by atoms with van der Waals surface area (Å²) in [6.07, 6.45) is 7.79. The first kappa shape index (κ1) is 12.0. The quantitative estimate of drug-likeness (QED) is 0.677. The van der Waals surface area contributed by atoms with E-state index in [-0.39, 0.29) is 0 Å². The van der Waals surface area contributed by atoms with Gasteiger partial charge in [-0.1, -0.05) is 0 Å². The van der Waals surface area contributed by atoms with E-state index in [0.29, 0.717) is 51.0 Å². The van der Waals surface area contributed by atoms with Crippen LogP contribution in [-0.2, 0) is 9.59 Å². The molecule has 0 N–H and O–H groups in total. The first-order valence-corrected chi connectivity index (χ1v) is 11.8. The second-order valence-electron chi connectivity index (χ2n) is 12.9. The van der Waals surface area contributed by atoms with Crippen molar-refractivity contribution in [3.63, 3.8) is 0 Å². The van der Waals surface area contributed by atoms with Gasteiger partial charge in [-0.05, 0) is 107 Å². The molecule has 8 unspecified atom stereocenters. The maximum absolute atomic E-state index is 13.5. The Morgan fingerprint density at radius 1 is 0.500 bits per heavy atom. The summed E-state index contributed by atoms with van der Waals surface area (Å²) in [5.41, 5.74) is 1.93. The largest absolute Gasteiger partial charge is 0.299 e. The third kappa shape index (κ3) is 0.522. The second kappa shape index (κ2) is 2.61. The first-order chi connectivity index (χ1) is 12.7. The minimum absolute atomic E-state index is 0.364. The zero-order chi connectivity index (χ0) is 16.3. The first-order valence-electron chi connectivity index (χ1n) is 11.8. The van der Waals surface area contributed by atoms with Gasteiger partial charge < -0.3 is 0 Å². The number of fused-ring (bicyclic) bond motifs is 3. The summed E-state index contributed by atoms with van der Waals surface area (Å²) in [6.45, 7) is 0. The van der Waals surface area contributed by atoms with Gasteiger partial charge in [0.1, 0.15) is 11.6 Å². The molecule has 0 heterocycles. The van der Waals surface area contributed by atoms with Gasteiger partial charge in [-0.25, -0.2) is 0 Å². The van der Waals surface area contributed by atoms with Crippen LogP contribution in [0.5, 0.6) is 0 Å². The molecule has 0 saturated heterocycles. The smallest absolute Gasteiger partial charge is 0.137 e. The van der Waals surface area contributed by atoms with Crippen molar-refractivity contribution in [3.05, 3.63) is 0 Å². The van der Waals surface area contributed by atoms with Crippen LogP contribution in [-0.4, -0.2) is 11.6 Å². The molecule has 0 radical (unpaired) electrons. The number of carbonyl (C=O) groups excluding carboxylic acids is 2. The molecular formula is C24H24O2. The van der Waals surface area contributed by atoms with Crippen molar-refractivity contribution in [1.29, 1.82) is 0 Å². The van der Waals surface area contributed by atoms with E-state index in [1.165, 1.54) is 25.7 Å². The Morgan fingerprint density at radius 3 is 1.35 bits per heavy atom. The van der Waals surface area contributed by atoms with Gasteiger partial charge in [0, 0.05) is 24.7 Å². The van der Waals surface area contributed by atoms with E-state index in [1.54, 1.807) is 0 Å². The molecule has 14 bridgehead atoms. The molecule has 132 valence electrons. The Bertz CT molecular complexity index is 909. The van der Waals surface area contributed by atoms with Crippen molar-refractivity contribution < 1.29 is 9.59 Å². The Labute approximate surface area is 152 Å². The molecule has 0 aromatic carbocycles. The lowest BCUT2D eigenvalue weighted by Gasteiger charge is -2.87. The number of hydrogen-bond donors (Lipinski definition) is 0. The van der Waals surface area contributed by atoms with E-state index in [2.05, 4.69) is 0 Å². The van der Waals surface area contributed by atoms with Crippen LogP contribution < -0.4 is 0 Å². The Kier molecular flexibility index (Phi) is 1.20. The van der Waals surface area contributed by atoms with E-state index in [9.17, 15) is 9.59 Å². The van der Waals surface area contributed by atoms with E-state index >= 15 is 0 Å². The zero-order valence-corrected chi connectivity index (χ0v) is 15.0. The van der Waals surface area contributed by atoms with Gasteiger partial charge >= 0.3 is 0 Å². The van der Waals surface area contributed by atoms with Crippen molar-refractivity contribution in [2.75, 3.05) is 0 Å². The minimum atomic E-state index is 0.364. The fourth-order valence-electron chi connectivity index (χ4n) is 17.2. The maximum Gasteiger partial charge on any atom is 0.137 e. The third-order valence-electron chi connectivity index (χ3n) is 14.8. The highest BCUT2D eigenvalue weighted by Gasteiger charge is 3.15. The summed E-state index contributed by atoms with van der Waals surface area (Å²) in [5, 5.41) is 0. The molecule has 2 heteroatoms. The Balaban J connectivity index is 1.46. The van der Waals surface area contributed by atoms with Crippen LogP contribution in [0.1, 0.15) is 38.5 Å². The normalized spacial score (nSPS) is 87.8. The second-order valence-corrected chi connectivity index (χ2v) is 12.9. The minimum Gasteiger partial charge on any atom is -0.299 e. The molecule has 0 amide bonds. The molecule has 15 fully saturated rings. The number of carbonyl (C=O) groups is 2. The number of Topliss-reactive ketones (excluding diaryl/α,β-unsaturated/α-hetero) is 2. The molecular weight excluding hydrogens is 320 g/mol. The van der Waals surface area contributed by atoms with Crippen LogP contribution in [0.3, 0.4) is 0 Å². The molecule has 4 spiro atoms. The summed E-state index contributed by atoms with van der Waals surface area (Å²) in [6, 6.07) is 0. The molecule has 16 atom stereocenters. The lowest BCUT2D eigenvalue weighted by atomic mass is 9.15. The summed E-state index contributed by atoms with van der Waals surface area (Å²) in [7, 11) is 0. The fraction of sp³-hybridized carbons (Fsp3) is 0.917. The van der Waals surface area contributed by atoms with Crippen molar-refractivity contribution in [2.45, 2.75) is 38.5 Å². The van der Waals surface area contributed by atoms with Crippen LogP contribution in [0.25, 0.3) is 0 Å². The predicted molar refractivity (Wildman–Crippen MR) is 89.3 cm³/mol. The van der Waals surface area contributed by atoms with Crippen molar-refractivity contribution in [2.24, 2.45) is 92.7 Å². The standard InChI is InChI=1S/C24H24O2/c25-13-5-11-17-12-6-14(26)20-18(17)19(13)23-9-3-1-7-15-8-2-4-10(16(9)15)24(20,23)22(8,12)21(7,11)23/h7-12,15-20H,1-6H2/t7-,8+,9-,10-,11+,12-,15?,16?,17?,18?,19-,20+,21?,22?,23?,24?/m0/s1. The highest BCUT2D eigenvalue weighted by molar-refractivity contribution is 5.96. The third-order valence-corrected chi connectivity index (χ3v) is 14.8. The van der Waals surface area contributed by atoms with Gasteiger partial charge in [0.05, 0.1) is 0 Å². The number of rotatable bonds is 0. The Morgan fingerprint density at radius 2 is 0.885 bits per heavy atom. The molecule has 0 aromatic heterocycles. The van der Waals surface area contributed by atoms with E-state index in [0.717, 1.165) is 66.1 Å². The van der Waals surface area contributed by atoms with Gasteiger partial charge in [0.15, 0.2) is 0 Å². The van der Waals surface area contributed by atoms with Crippen molar-refractivity contribution >= 4 is 11.6 Å². The lowest BCUT2D eigenvalue weighted by Crippen LogP contribution is -2.86. The monoisotopic (exact) mass is 344 g/mol. The SMILES string of the molecule is O=C1C[C@H]2C3C4[C@@H]1C15[C@H]6CC[C@@H]7C8C6[C@@H]6CC[C@@H]8C8([C@@H]3CC(=O)[C@@H]4C681)C725. The molecule has 15 rings (SSSR count). The van der Waals surface area contributed by atoms with Crippen LogP contribution in [0.2, 0.25) is 0 Å². The molecule has 15 aliphatic rings.